The number of para-hydroxylation sites is 1. The van der Waals surface area contributed by atoms with E-state index in [0.717, 1.165) is 42.5 Å². The summed E-state index contributed by atoms with van der Waals surface area (Å²) in [5.41, 5.74) is 1.93. The lowest BCUT2D eigenvalue weighted by molar-refractivity contribution is -0.120. The van der Waals surface area contributed by atoms with E-state index >= 15 is 0 Å². The number of amides is 1. The van der Waals surface area contributed by atoms with Crippen LogP contribution >= 0.6 is 0 Å². The Hall–Kier alpha value is -1.51. The van der Waals surface area contributed by atoms with Crippen molar-refractivity contribution in [2.45, 2.75) is 32.1 Å². The summed E-state index contributed by atoms with van der Waals surface area (Å²) in [6, 6.07) is 5.64. The molecule has 4 atom stereocenters. The number of anilines is 1. The molecule has 4 unspecified atom stereocenters. The molecule has 1 aromatic carbocycles. The molecule has 110 valence electrons. The minimum absolute atomic E-state index is 0.266. The molecule has 1 N–H and O–H groups in total. The number of fused-ring (bicyclic) bond motifs is 6. The molecule has 1 heterocycles. The normalized spacial score (nSPS) is 39.0. The Balaban J connectivity index is 1.46. The number of phenolic OH excluding ortho intramolecular Hbond substituents is 1. The number of hydrogen-bond acceptors (Lipinski definition) is 2. The molecule has 21 heavy (non-hydrogen) atoms. The van der Waals surface area contributed by atoms with Crippen LogP contribution in [0.5, 0.6) is 5.75 Å². The maximum atomic E-state index is 13.0. The first kappa shape index (κ1) is 12.1. The fourth-order valence-electron chi connectivity index (χ4n) is 5.69. The summed E-state index contributed by atoms with van der Waals surface area (Å²) in [5, 5.41) is 10.2. The number of phenols is 1. The number of hydrogen-bond donors (Lipinski definition) is 1. The molecule has 3 aliphatic carbocycles. The second kappa shape index (κ2) is 4.02. The predicted octanol–water partition coefficient (Wildman–Crippen LogP) is 2.96. The Kier molecular flexibility index (Phi) is 2.31. The van der Waals surface area contributed by atoms with Crippen LogP contribution in [-0.2, 0) is 11.2 Å². The minimum Gasteiger partial charge on any atom is -0.506 e. The van der Waals surface area contributed by atoms with Crippen molar-refractivity contribution in [2.24, 2.45) is 29.6 Å². The molecule has 3 heteroatoms. The Morgan fingerprint density at radius 1 is 1.19 bits per heavy atom. The molecule has 0 aromatic heterocycles. The number of benzene rings is 1. The predicted molar refractivity (Wildman–Crippen MR) is 80.1 cm³/mol. The molecule has 4 aliphatic rings. The highest BCUT2D eigenvalue weighted by Crippen LogP contribution is 2.69. The lowest BCUT2D eigenvalue weighted by atomic mass is 9.98. The van der Waals surface area contributed by atoms with Crippen molar-refractivity contribution < 1.29 is 9.90 Å². The largest absolute Gasteiger partial charge is 0.506 e. The third-order valence-corrected chi connectivity index (χ3v) is 6.48. The van der Waals surface area contributed by atoms with Gasteiger partial charge in [0.1, 0.15) is 5.75 Å². The highest BCUT2D eigenvalue weighted by Gasteiger charge is 2.68. The van der Waals surface area contributed by atoms with Crippen LogP contribution in [0.25, 0.3) is 0 Å². The molecule has 1 aromatic rings. The van der Waals surface area contributed by atoms with Gasteiger partial charge in [0.15, 0.2) is 0 Å². The van der Waals surface area contributed by atoms with Crippen LogP contribution in [0.1, 0.15) is 31.2 Å². The van der Waals surface area contributed by atoms with Crippen molar-refractivity contribution >= 4 is 11.6 Å². The zero-order valence-electron chi connectivity index (χ0n) is 12.2. The Morgan fingerprint density at radius 2 is 1.95 bits per heavy atom. The SMILES string of the molecule is O=C(C1C2C3CCC(C3)C12)N1CCCc2cccc(O)c21. The number of carbonyl (C=O) groups excluding carboxylic acids is 1. The van der Waals surface area contributed by atoms with Crippen molar-refractivity contribution in [2.75, 3.05) is 11.4 Å². The van der Waals surface area contributed by atoms with Crippen molar-refractivity contribution in [3.63, 3.8) is 0 Å². The van der Waals surface area contributed by atoms with E-state index in [0.29, 0.717) is 17.7 Å². The number of aromatic hydroxyl groups is 1. The summed E-state index contributed by atoms with van der Waals surface area (Å²) >= 11 is 0. The summed E-state index contributed by atoms with van der Waals surface area (Å²) in [6.07, 6.45) is 6.04. The topological polar surface area (TPSA) is 40.5 Å². The van der Waals surface area contributed by atoms with Crippen LogP contribution in [0.15, 0.2) is 18.2 Å². The first-order valence-electron chi connectivity index (χ1n) is 8.38. The van der Waals surface area contributed by atoms with Crippen molar-refractivity contribution in [3.8, 4) is 5.75 Å². The number of carbonyl (C=O) groups is 1. The highest BCUT2D eigenvalue weighted by molar-refractivity contribution is 5.99. The van der Waals surface area contributed by atoms with Gasteiger partial charge in [-0.1, -0.05) is 12.1 Å². The summed E-state index contributed by atoms with van der Waals surface area (Å²) in [7, 11) is 0. The Labute approximate surface area is 125 Å². The minimum atomic E-state index is 0.266. The zero-order chi connectivity index (χ0) is 14.1. The van der Waals surface area contributed by atoms with E-state index in [2.05, 4.69) is 0 Å². The van der Waals surface area contributed by atoms with Gasteiger partial charge in [0.05, 0.1) is 5.69 Å². The molecule has 2 bridgehead atoms. The second-order valence-electron chi connectivity index (χ2n) is 7.39. The Bertz CT molecular complexity index is 610. The third kappa shape index (κ3) is 1.52. The fourth-order valence-corrected chi connectivity index (χ4v) is 5.69. The van der Waals surface area contributed by atoms with Gasteiger partial charge in [-0.25, -0.2) is 0 Å². The zero-order valence-corrected chi connectivity index (χ0v) is 12.2. The average Bonchev–Trinajstić information content (AvgIpc) is 2.93. The van der Waals surface area contributed by atoms with Crippen molar-refractivity contribution in [1.82, 2.24) is 0 Å². The molecular weight excluding hydrogens is 262 g/mol. The van der Waals surface area contributed by atoms with E-state index in [9.17, 15) is 9.90 Å². The lowest BCUT2D eigenvalue weighted by Crippen LogP contribution is -2.37. The van der Waals surface area contributed by atoms with E-state index < -0.39 is 0 Å². The summed E-state index contributed by atoms with van der Waals surface area (Å²) in [4.78, 5) is 14.9. The second-order valence-corrected chi connectivity index (χ2v) is 7.39. The van der Waals surface area contributed by atoms with Gasteiger partial charge in [-0.3, -0.25) is 4.79 Å². The molecule has 1 aliphatic heterocycles. The van der Waals surface area contributed by atoms with Gasteiger partial charge in [0.2, 0.25) is 5.91 Å². The van der Waals surface area contributed by atoms with Crippen LogP contribution in [0.4, 0.5) is 5.69 Å². The van der Waals surface area contributed by atoms with E-state index in [1.54, 1.807) is 6.07 Å². The van der Waals surface area contributed by atoms with E-state index in [1.807, 2.05) is 17.0 Å². The smallest absolute Gasteiger partial charge is 0.230 e. The number of aryl methyl sites for hydroxylation is 1. The molecule has 3 saturated carbocycles. The molecule has 0 saturated heterocycles. The van der Waals surface area contributed by atoms with Crippen LogP contribution in [0.3, 0.4) is 0 Å². The van der Waals surface area contributed by atoms with Gasteiger partial charge in [-0.05, 0) is 67.4 Å². The number of nitrogens with zero attached hydrogens (tertiary/aromatic N) is 1. The summed E-state index contributed by atoms with van der Waals surface area (Å²) < 4.78 is 0. The van der Waals surface area contributed by atoms with Crippen LogP contribution in [0, 0.1) is 29.6 Å². The van der Waals surface area contributed by atoms with Crippen LogP contribution in [-0.4, -0.2) is 17.6 Å². The molecule has 3 fully saturated rings. The first-order chi connectivity index (χ1) is 10.3. The van der Waals surface area contributed by atoms with E-state index in [1.165, 1.54) is 19.3 Å². The van der Waals surface area contributed by atoms with Crippen molar-refractivity contribution in [3.05, 3.63) is 23.8 Å². The third-order valence-electron chi connectivity index (χ3n) is 6.48. The molecule has 5 rings (SSSR count). The Morgan fingerprint density at radius 3 is 2.71 bits per heavy atom. The molecule has 1 amide bonds. The lowest BCUT2D eigenvalue weighted by Gasteiger charge is -2.31. The van der Waals surface area contributed by atoms with Gasteiger partial charge in [-0.15, -0.1) is 0 Å². The average molecular weight is 283 g/mol. The van der Waals surface area contributed by atoms with Gasteiger partial charge < -0.3 is 10.0 Å². The van der Waals surface area contributed by atoms with E-state index in [4.69, 9.17) is 0 Å². The molecule has 0 spiro atoms. The quantitative estimate of drug-likeness (QED) is 0.861. The van der Waals surface area contributed by atoms with Gasteiger partial charge in [0, 0.05) is 12.5 Å². The van der Waals surface area contributed by atoms with Crippen molar-refractivity contribution in [1.29, 1.82) is 0 Å². The van der Waals surface area contributed by atoms with Crippen LogP contribution < -0.4 is 4.90 Å². The monoisotopic (exact) mass is 283 g/mol. The standard InChI is InChI=1S/C18H21NO2/c20-13-5-1-3-10-4-2-8-19(17(10)13)18(21)16-14-11-6-7-12(9-11)15(14)16/h1,3,5,11-12,14-16,20H,2,4,6-9H2. The number of rotatable bonds is 1. The summed E-state index contributed by atoms with van der Waals surface area (Å²) in [6.45, 7) is 0.773. The van der Waals surface area contributed by atoms with Crippen LogP contribution in [0.2, 0.25) is 0 Å². The van der Waals surface area contributed by atoms with Gasteiger partial charge >= 0.3 is 0 Å². The maximum absolute atomic E-state index is 13.0. The van der Waals surface area contributed by atoms with Gasteiger partial charge in [0.25, 0.3) is 0 Å². The highest BCUT2D eigenvalue weighted by atomic mass is 16.3. The summed E-state index contributed by atoms with van der Waals surface area (Å²) in [5.74, 6) is 3.82. The first-order valence-corrected chi connectivity index (χ1v) is 8.38. The fraction of sp³-hybridized carbons (Fsp3) is 0.611. The maximum Gasteiger partial charge on any atom is 0.230 e. The molecule has 3 nitrogen and oxygen atoms in total. The van der Waals surface area contributed by atoms with E-state index in [-0.39, 0.29) is 11.7 Å². The molecular formula is C18H21NO2. The molecule has 0 radical (unpaired) electrons. The van der Waals surface area contributed by atoms with Gasteiger partial charge in [-0.2, -0.15) is 0 Å².